The van der Waals surface area contributed by atoms with Crippen molar-refractivity contribution in [3.8, 4) is 5.75 Å². The minimum absolute atomic E-state index is 0.139. The van der Waals surface area contributed by atoms with Gasteiger partial charge in [-0.3, -0.25) is 0 Å². The van der Waals surface area contributed by atoms with Crippen LogP contribution in [0.5, 0.6) is 5.75 Å². The fourth-order valence-corrected chi connectivity index (χ4v) is 1.71. The molecular weight excluding hydrogens is 305 g/mol. The van der Waals surface area contributed by atoms with Crippen molar-refractivity contribution in [3.05, 3.63) is 46.0 Å². The highest BCUT2D eigenvalue weighted by Crippen LogP contribution is 2.23. The van der Waals surface area contributed by atoms with Crippen LogP contribution in [0.2, 0.25) is 0 Å². The Labute approximate surface area is 112 Å². The first-order valence-corrected chi connectivity index (χ1v) is 5.99. The fraction of sp³-hybridized carbons (Fsp3) is 0.250. The van der Waals surface area contributed by atoms with Crippen LogP contribution in [0.15, 0.2) is 33.3 Å². The Hall–Kier alpha value is -1.40. The average Bonchev–Trinajstić information content (AvgIpc) is 2.79. The Kier molecular flexibility index (Phi) is 4.33. The highest BCUT2D eigenvalue weighted by molar-refractivity contribution is 9.10. The Balaban J connectivity index is 1.99. The number of hydrogen-bond acceptors (Lipinski definition) is 4. The Morgan fingerprint density at radius 2 is 2.17 bits per heavy atom. The summed E-state index contributed by atoms with van der Waals surface area (Å²) in [6.07, 6.45) is 0. The van der Waals surface area contributed by atoms with Gasteiger partial charge in [-0.2, -0.15) is 0 Å². The van der Waals surface area contributed by atoms with E-state index in [1.807, 2.05) is 0 Å². The molecule has 0 aliphatic carbocycles. The molecular formula is C12H11BrFNO3. The zero-order chi connectivity index (χ0) is 13.0. The normalized spacial score (nSPS) is 10.6. The zero-order valence-electron chi connectivity index (χ0n) is 9.65. The van der Waals surface area contributed by atoms with Gasteiger partial charge < -0.3 is 14.0 Å². The van der Waals surface area contributed by atoms with Crippen molar-refractivity contribution in [1.29, 1.82) is 0 Å². The molecule has 0 aliphatic heterocycles. The van der Waals surface area contributed by atoms with E-state index in [1.54, 1.807) is 25.3 Å². The molecule has 1 aromatic carbocycles. The van der Waals surface area contributed by atoms with Gasteiger partial charge in [0.1, 0.15) is 18.9 Å². The van der Waals surface area contributed by atoms with E-state index in [0.29, 0.717) is 18.1 Å². The molecule has 2 aromatic rings. The van der Waals surface area contributed by atoms with E-state index < -0.39 is 5.82 Å². The van der Waals surface area contributed by atoms with E-state index >= 15 is 0 Å². The van der Waals surface area contributed by atoms with Crippen molar-refractivity contribution in [2.24, 2.45) is 0 Å². The molecule has 0 saturated heterocycles. The number of nitrogens with zero attached hydrogens (tertiary/aromatic N) is 1. The Morgan fingerprint density at radius 3 is 2.94 bits per heavy atom. The lowest BCUT2D eigenvalue weighted by Crippen LogP contribution is -1.97. The van der Waals surface area contributed by atoms with E-state index in [2.05, 4.69) is 21.1 Å². The van der Waals surface area contributed by atoms with E-state index in [1.165, 1.54) is 6.07 Å². The van der Waals surface area contributed by atoms with Gasteiger partial charge in [-0.05, 0) is 18.2 Å². The van der Waals surface area contributed by atoms with Gasteiger partial charge in [0, 0.05) is 17.6 Å². The molecule has 0 spiro atoms. The van der Waals surface area contributed by atoms with Crippen molar-refractivity contribution in [3.63, 3.8) is 0 Å². The lowest BCUT2D eigenvalue weighted by molar-refractivity contribution is 0.155. The van der Waals surface area contributed by atoms with E-state index in [4.69, 9.17) is 14.0 Å². The molecule has 18 heavy (non-hydrogen) atoms. The van der Waals surface area contributed by atoms with Crippen molar-refractivity contribution in [2.45, 2.75) is 13.2 Å². The highest BCUT2D eigenvalue weighted by atomic mass is 79.9. The quantitative estimate of drug-likeness (QED) is 0.849. The van der Waals surface area contributed by atoms with Gasteiger partial charge in [-0.15, -0.1) is 0 Å². The van der Waals surface area contributed by atoms with Crippen LogP contribution in [-0.4, -0.2) is 12.3 Å². The Morgan fingerprint density at radius 1 is 1.33 bits per heavy atom. The molecule has 0 unspecified atom stereocenters. The van der Waals surface area contributed by atoms with Crippen molar-refractivity contribution in [1.82, 2.24) is 5.16 Å². The first-order chi connectivity index (χ1) is 8.69. The van der Waals surface area contributed by atoms with Crippen LogP contribution in [0.3, 0.4) is 0 Å². The molecule has 0 amide bonds. The van der Waals surface area contributed by atoms with Gasteiger partial charge in [0.25, 0.3) is 0 Å². The molecule has 4 nitrogen and oxygen atoms in total. The topological polar surface area (TPSA) is 44.5 Å². The lowest BCUT2D eigenvalue weighted by atomic mass is 10.3. The van der Waals surface area contributed by atoms with Crippen LogP contribution in [0.1, 0.15) is 11.5 Å². The number of methoxy groups -OCH3 is 1. The lowest BCUT2D eigenvalue weighted by Gasteiger charge is -2.05. The maximum Gasteiger partial charge on any atom is 0.165 e. The zero-order valence-corrected chi connectivity index (χ0v) is 11.2. The summed E-state index contributed by atoms with van der Waals surface area (Å²) >= 11 is 3.25. The molecule has 0 N–H and O–H groups in total. The Bertz CT molecular complexity index is 530. The minimum Gasteiger partial charge on any atom is -0.484 e. The maximum absolute atomic E-state index is 13.4. The predicted molar refractivity (Wildman–Crippen MR) is 65.6 cm³/mol. The van der Waals surface area contributed by atoms with E-state index in [0.717, 1.165) is 4.47 Å². The summed E-state index contributed by atoms with van der Waals surface area (Å²) in [6, 6.07) is 6.21. The molecule has 0 radical (unpaired) electrons. The molecule has 96 valence electrons. The van der Waals surface area contributed by atoms with Crippen LogP contribution in [-0.2, 0) is 18.0 Å². The molecule has 0 bridgehead atoms. The van der Waals surface area contributed by atoms with Crippen molar-refractivity contribution in [2.75, 3.05) is 7.11 Å². The summed E-state index contributed by atoms with van der Waals surface area (Å²) in [4.78, 5) is 0. The third-order valence-corrected chi connectivity index (χ3v) is 2.66. The molecule has 1 heterocycles. The summed E-state index contributed by atoms with van der Waals surface area (Å²) in [5.41, 5.74) is 0.585. The average molecular weight is 316 g/mol. The second kappa shape index (κ2) is 5.97. The number of hydrogen-bond donors (Lipinski definition) is 0. The van der Waals surface area contributed by atoms with Crippen LogP contribution in [0.4, 0.5) is 4.39 Å². The van der Waals surface area contributed by atoms with E-state index in [9.17, 15) is 4.39 Å². The predicted octanol–water partition coefficient (Wildman–Crippen LogP) is 3.30. The number of rotatable bonds is 5. The second-order valence-corrected chi connectivity index (χ2v) is 4.50. The fourth-order valence-electron chi connectivity index (χ4n) is 1.37. The number of aromatic nitrogens is 1. The van der Waals surface area contributed by atoms with Gasteiger partial charge in [0.05, 0.1) is 0 Å². The molecule has 0 atom stereocenters. The van der Waals surface area contributed by atoms with Crippen LogP contribution >= 0.6 is 15.9 Å². The molecule has 2 rings (SSSR count). The number of benzene rings is 1. The van der Waals surface area contributed by atoms with Gasteiger partial charge in [-0.25, -0.2) is 4.39 Å². The van der Waals surface area contributed by atoms with E-state index in [-0.39, 0.29) is 12.4 Å². The summed E-state index contributed by atoms with van der Waals surface area (Å²) in [6.45, 7) is 0.485. The smallest absolute Gasteiger partial charge is 0.165 e. The van der Waals surface area contributed by atoms with Gasteiger partial charge in [0.15, 0.2) is 17.3 Å². The van der Waals surface area contributed by atoms with Crippen molar-refractivity contribution < 1.29 is 18.4 Å². The third kappa shape index (κ3) is 3.30. The first-order valence-electron chi connectivity index (χ1n) is 5.20. The molecule has 0 fully saturated rings. The van der Waals surface area contributed by atoms with Crippen molar-refractivity contribution >= 4 is 15.9 Å². The van der Waals surface area contributed by atoms with Crippen LogP contribution in [0, 0.1) is 5.82 Å². The largest absolute Gasteiger partial charge is 0.484 e. The molecule has 6 heteroatoms. The minimum atomic E-state index is -0.418. The second-order valence-electron chi connectivity index (χ2n) is 3.58. The number of ether oxygens (including phenoxy) is 2. The summed E-state index contributed by atoms with van der Waals surface area (Å²) < 4.78 is 29.4. The monoisotopic (exact) mass is 315 g/mol. The summed E-state index contributed by atoms with van der Waals surface area (Å²) in [5, 5.41) is 3.79. The van der Waals surface area contributed by atoms with Crippen LogP contribution in [0.25, 0.3) is 0 Å². The summed E-state index contributed by atoms with van der Waals surface area (Å²) in [5.74, 6) is 0.352. The van der Waals surface area contributed by atoms with Gasteiger partial charge in [-0.1, -0.05) is 21.1 Å². The highest BCUT2D eigenvalue weighted by Gasteiger charge is 2.07. The first kappa shape index (κ1) is 13.0. The standard InChI is InChI=1S/C12H11BrFNO3/c1-16-7-10-5-9(15-18-10)6-17-12-4-8(13)2-3-11(12)14/h2-5H,6-7H2,1H3. The molecule has 0 aliphatic rings. The molecule has 0 saturated carbocycles. The number of halogens is 2. The van der Waals surface area contributed by atoms with Gasteiger partial charge >= 0.3 is 0 Å². The van der Waals surface area contributed by atoms with Crippen LogP contribution < -0.4 is 4.74 Å². The van der Waals surface area contributed by atoms with Gasteiger partial charge in [0.2, 0.25) is 0 Å². The SMILES string of the molecule is COCc1cc(COc2cc(Br)ccc2F)no1. The third-order valence-electron chi connectivity index (χ3n) is 2.16. The summed E-state index contributed by atoms with van der Waals surface area (Å²) in [7, 11) is 1.57. The maximum atomic E-state index is 13.4. The molecule has 1 aromatic heterocycles.